The van der Waals surface area contributed by atoms with Crippen molar-refractivity contribution in [3.8, 4) is 17.0 Å². The van der Waals surface area contributed by atoms with Crippen molar-refractivity contribution >= 4 is 5.91 Å². The van der Waals surface area contributed by atoms with E-state index in [-0.39, 0.29) is 12.0 Å². The van der Waals surface area contributed by atoms with Crippen LogP contribution in [0.5, 0.6) is 5.75 Å². The third kappa shape index (κ3) is 3.76. The highest BCUT2D eigenvalue weighted by Crippen LogP contribution is 2.33. The summed E-state index contributed by atoms with van der Waals surface area (Å²) in [6.07, 6.45) is 4.18. The maximum absolute atomic E-state index is 12.3. The fourth-order valence-corrected chi connectivity index (χ4v) is 3.45. The first-order chi connectivity index (χ1) is 13.6. The van der Waals surface area contributed by atoms with E-state index >= 15 is 0 Å². The predicted octanol–water partition coefficient (Wildman–Crippen LogP) is 3.73. The molecular weight excluding hydrogens is 354 g/mol. The molecule has 144 valence electrons. The molecule has 0 unspecified atom stereocenters. The first kappa shape index (κ1) is 18.2. The molecule has 1 aromatic carbocycles. The second kappa shape index (κ2) is 7.84. The number of aryl methyl sites for hydroxylation is 2. The molecule has 0 radical (unpaired) electrons. The summed E-state index contributed by atoms with van der Waals surface area (Å²) in [5.41, 5.74) is 4.65. The molecule has 0 fully saturated rings. The SMILES string of the molecule is CCCc1cc(C(=O)NC[C@H]2Cc3cc(-c4ncccc4C)ccc3O2)no1. The molecule has 0 saturated carbocycles. The third-order valence-corrected chi connectivity index (χ3v) is 4.86. The van der Waals surface area contributed by atoms with Crippen molar-refractivity contribution < 1.29 is 14.1 Å². The fraction of sp³-hybridized carbons (Fsp3) is 0.318. The van der Waals surface area contributed by atoms with E-state index in [4.69, 9.17) is 9.26 Å². The van der Waals surface area contributed by atoms with Gasteiger partial charge in [-0.25, -0.2) is 0 Å². The van der Waals surface area contributed by atoms with Crippen molar-refractivity contribution in [2.45, 2.75) is 39.2 Å². The monoisotopic (exact) mass is 377 g/mol. The Morgan fingerprint density at radius 1 is 1.29 bits per heavy atom. The molecule has 1 amide bonds. The van der Waals surface area contributed by atoms with E-state index in [2.05, 4.69) is 41.4 Å². The summed E-state index contributed by atoms with van der Waals surface area (Å²) in [7, 11) is 0. The highest BCUT2D eigenvalue weighted by Gasteiger charge is 2.24. The molecule has 1 aliphatic heterocycles. The first-order valence-electron chi connectivity index (χ1n) is 9.59. The number of ether oxygens (including phenoxy) is 1. The number of benzene rings is 1. The number of carbonyl (C=O) groups is 1. The van der Waals surface area contributed by atoms with Crippen molar-refractivity contribution in [2.75, 3.05) is 6.54 Å². The van der Waals surface area contributed by atoms with Gasteiger partial charge < -0.3 is 14.6 Å². The lowest BCUT2D eigenvalue weighted by Crippen LogP contribution is -2.34. The number of nitrogens with zero attached hydrogens (tertiary/aromatic N) is 2. The molecule has 28 heavy (non-hydrogen) atoms. The van der Waals surface area contributed by atoms with Crippen LogP contribution in [-0.2, 0) is 12.8 Å². The second-order valence-electron chi connectivity index (χ2n) is 7.07. The lowest BCUT2D eigenvalue weighted by atomic mass is 10.0. The van der Waals surface area contributed by atoms with E-state index < -0.39 is 0 Å². The largest absolute Gasteiger partial charge is 0.488 e. The molecule has 0 spiro atoms. The molecule has 0 aliphatic carbocycles. The van der Waals surface area contributed by atoms with Gasteiger partial charge in [-0.2, -0.15) is 0 Å². The summed E-state index contributed by atoms with van der Waals surface area (Å²) >= 11 is 0. The third-order valence-electron chi connectivity index (χ3n) is 4.86. The molecule has 3 heterocycles. The Bertz CT molecular complexity index is 996. The number of hydrogen-bond donors (Lipinski definition) is 1. The number of hydrogen-bond acceptors (Lipinski definition) is 5. The van der Waals surface area contributed by atoms with Gasteiger partial charge in [-0.05, 0) is 48.7 Å². The standard InChI is InChI=1S/C22H23N3O3/c1-3-5-17-12-19(25-28-17)22(26)24-13-18-11-16-10-15(7-8-20(16)27-18)21-14(2)6-4-9-23-21/h4,6-10,12,18H,3,5,11,13H2,1-2H3,(H,24,26)/t18-/m1/s1. The van der Waals surface area contributed by atoms with E-state index in [1.54, 1.807) is 12.3 Å². The molecule has 0 bridgehead atoms. The van der Waals surface area contributed by atoms with Crippen molar-refractivity contribution in [2.24, 2.45) is 0 Å². The Morgan fingerprint density at radius 2 is 2.18 bits per heavy atom. The number of carbonyl (C=O) groups excluding carboxylic acids is 1. The van der Waals surface area contributed by atoms with Crippen LogP contribution in [0.3, 0.4) is 0 Å². The van der Waals surface area contributed by atoms with Gasteiger partial charge in [-0.15, -0.1) is 0 Å². The molecule has 6 nitrogen and oxygen atoms in total. The number of nitrogens with one attached hydrogen (secondary N) is 1. The van der Waals surface area contributed by atoms with Crippen LogP contribution in [0.25, 0.3) is 11.3 Å². The van der Waals surface area contributed by atoms with Gasteiger partial charge in [-0.1, -0.05) is 18.1 Å². The van der Waals surface area contributed by atoms with Gasteiger partial charge in [0.15, 0.2) is 5.69 Å². The summed E-state index contributed by atoms with van der Waals surface area (Å²) in [6, 6.07) is 11.8. The average Bonchev–Trinajstić information content (AvgIpc) is 3.33. The van der Waals surface area contributed by atoms with Gasteiger partial charge in [-0.3, -0.25) is 9.78 Å². The Hall–Kier alpha value is -3.15. The van der Waals surface area contributed by atoms with Gasteiger partial charge in [0.2, 0.25) is 0 Å². The van der Waals surface area contributed by atoms with Gasteiger partial charge in [0, 0.05) is 30.7 Å². The molecule has 2 aromatic heterocycles. The number of pyridine rings is 1. The Balaban J connectivity index is 1.38. The van der Waals surface area contributed by atoms with E-state index in [0.717, 1.165) is 53.2 Å². The summed E-state index contributed by atoms with van der Waals surface area (Å²) in [5.74, 6) is 1.35. The molecule has 4 rings (SSSR count). The van der Waals surface area contributed by atoms with Crippen LogP contribution in [0.1, 0.15) is 40.7 Å². The summed E-state index contributed by atoms with van der Waals surface area (Å²) < 4.78 is 11.1. The van der Waals surface area contributed by atoms with E-state index in [0.29, 0.717) is 12.2 Å². The van der Waals surface area contributed by atoms with Gasteiger partial charge in [0.1, 0.15) is 17.6 Å². The highest BCUT2D eigenvalue weighted by molar-refractivity contribution is 5.92. The highest BCUT2D eigenvalue weighted by atomic mass is 16.5. The van der Waals surface area contributed by atoms with E-state index in [9.17, 15) is 4.79 Å². The first-order valence-corrected chi connectivity index (χ1v) is 9.59. The van der Waals surface area contributed by atoms with E-state index in [1.165, 1.54) is 0 Å². The molecule has 6 heteroatoms. The zero-order valence-electron chi connectivity index (χ0n) is 16.1. The summed E-state index contributed by atoms with van der Waals surface area (Å²) in [4.78, 5) is 16.8. The van der Waals surface area contributed by atoms with Crippen LogP contribution in [0.4, 0.5) is 0 Å². The quantitative estimate of drug-likeness (QED) is 0.708. The lowest BCUT2D eigenvalue weighted by molar-refractivity contribution is 0.0924. The summed E-state index contributed by atoms with van der Waals surface area (Å²) in [5, 5.41) is 6.73. The van der Waals surface area contributed by atoms with Crippen molar-refractivity contribution in [3.05, 3.63) is 65.2 Å². The van der Waals surface area contributed by atoms with Gasteiger partial charge in [0.25, 0.3) is 5.91 Å². The fourth-order valence-electron chi connectivity index (χ4n) is 3.45. The van der Waals surface area contributed by atoms with Crippen LogP contribution in [0.15, 0.2) is 47.1 Å². The molecule has 0 saturated heterocycles. The predicted molar refractivity (Wildman–Crippen MR) is 105 cm³/mol. The van der Waals surface area contributed by atoms with Crippen molar-refractivity contribution in [1.29, 1.82) is 0 Å². The topological polar surface area (TPSA) is 77.2 Å². The number of rotatable bonds is 6. The molecule has 1 aliphatic rings. The molecule has 3 aromatic rings. The zero-order chi connectivity index (χ0) is 19.5. The Labute approximate surface area is 163 Å². The number of fused-ring (bicyclic) bond motifs is 1. The van der Waals surface area contributed by atoms with Crippen LogP contribution < -0.4 is 10.1 Å². The number of aromatic nitrogens is 2. The summed E-state index contributed by atoms with van der Waals surface area (Å²) in [6.45, 7) is 4.53. The maximum Gasteiger partial charge on any atom is 0.273 e. The van der Waals surface area contributed by atoms with Gasteiger partial charge in [0.05, 0.1) is 12.2 Å². The smallest absolute Gasteiger partial charge is 0.273 e. The minimum absolute atomic E-state index is 0.0963. The van der Waals surface area contributed by atoms with Gasteiger partial charge >= 0.3 is 0 Å². The van der Waals surface area contributed by atoms with Crippen LogP contribution in [0, 0.1) is 6.92 Å². The average molecular weight is 377 g/mol. The lowest BCUT2D eigenvalue weighted by Gasteiger charge is -2.10. The van der Waals surface area contributed by atoms with Crippen LogP contribution >= 0.6 is 0 Å². The number of amides is 1. The van der Waals surface area contributed by atoms with Crippen molar-refractivity contribution in [1.82, 2.24) is 15.5 Å². The Kier molecular flexibility index (Phi) is 5.10. The maximum atomic E-state index is 12.3. The molecule has 1 N–H and O–H groups in total. The minimum atomic E-state index is -0.240. The Morgan fingerprint density at radius 3 is 3.00 bits per heavy atom. The molecule has 1 atom stereocenters. The van der Waals surface area contributed by atoms with Crippen LogP contribution in [0.2, 0.25) is 0 Å². The second-order valence-corrected chi connectivity index (χ2v) is 7.07. The zero-order valence-corrected chi connectivity index (χ0v) is 16.1. The minimum Gasteiger partial charge on any atom is -0.488 e. The van der Waals surface area contributed by atoms with Crippen molar-refractivity contribution in [3.63, 3.8) is 0 Å². The van der Waals surface area contributed by atoms with Crippen LogP contribution in [-0.4, -0.2) is 28.7 Å². The normalized spacial score (nSPS) is 15.1. The molecular formula is C22H23N3O3. The van der Waals surface area contributed by atoms with E-state index in [1.807, 2.05) is 18.2 Å².